The summed E-state index contributed by atoms with van der Waals surface area (Å²) < 4.78 is 1.71. The lowest BCUT2D eigenvalue weighted by Crippen LogP contribution is -2.55. The maximum Gasteiger partial charge on any atom is 0.329 e. The van der Waals surface area contributed by atoms with Crippen LogP contribution < -0.4 is 10.6 Å². The van der Waals surface area contributed by atoms with Gasteiger partial charge in [0.15, 0.2) is 0 Å². The van der Waals surface area contributed by atoms with Crippen LogP contribution in [-0.2, 0) is 11.3 Å². The molecule has 0 saturated heterocycles. The Morgan fingerprint density at radius 3 is 2.68 bits per heavy atom. The van der Waals surface area contributed by atoms with Gasteiger partial charge in [0.25, 0.3) is 0 Å². The summed E-state index contributed by atoms with van der Waals surface area (Å²) in [5, 5.41) is 18.2. The molecule has 0 fully saturated rings. The van der Waals surface area contributed by atoms with Crippen molar-refractivity contribution in [2.75, 3.05) is 6.54 Å². The van der Waals surface area contributed by atoms with Gasteiger partial charge in [-0.3, -0.25) is 4.68 Å². The highest BCUT2D eigenvalue weighted by atomic mass is 16.4. The van der Waals surface area contributed by atoms with Crippen molar-refractivity contribution in [2.45, 2.75) is 39.3 Å². The predicted octanol–water partition coefficient (Wildman–Crippen LogP) is 0.744. The first-order valence-electron chi connectivity index (χ1n) is 6.16. The van der Waals surface area contributed by atoms with Crippen LogP contribution in [0, 0.1) is 6.92 Å². The first kappa shape index (κ1) is 15.0. The molecule has 19 heavy (non-hydrogen) atoms. The summed E-state index contributed by atoms with van der Waals surface area (Å²) in [7, 11) is 0. The third-order valence-corrected chi connectivity index (χ3v) is 2.96. The fourth-order valence-electron chi connectivity index (χ4n) is 1.46. The number of hydrogen-bond donors (Lipinski definition) is 3. The van der Waals surface area contributed by atoms with Crippen LogP contribution in [0.4, 0.5) is 4.79 Å². The minimum Gasteiger partial charge on any atom is -0.480 e. The van der Waals surface area contributed by atoms with Crippen LogP contribution in [0.1, 0.15) is 25.8 Å². The molecular formula is C12H20N4O3. The minimum absolute atomic E-state index is 0.314. The number of hydrogen-bond acceptors (Lipinski definition) is 3. The lowest BCUT2D eigenvalue weighted by Gasteiger charge is -2.24. The average Bonchev–Trinajstić information content (AvgIpc) is 2.74. The summed E-state index contributed by atoms with van der Waals surface area (Å²) >= 11 is 0. The van der Waals surface area contributed by atoms with Crippen LogP contribution in [0.15, 0.2) is 12.4 Å². The monoisotopic (exact) mass is 268 g/mol. The molecule has 7 heteroatoms. The SMILES string of the molecule is CCC(C)(NC(=O)NCCn1cc(C)cn1)C(=O)O. The van der Waals surface area contributed by atoms with E-state index in [-0.39, 0.29) is 0 Å². The summed E-state index contributed by atoms with van der Waals surface area (Å²) in [6.07, 6.45) is 3.92. The zero-order chi connectivity index (χ0) is 14.5. The molecule has 2 amide bonds. The third kappa shape index (κ3) is 4.27. The van der Waals surface area contributed by atoms with Crippen molar-refractivity contribution in [1.82, 2.24) is 20.4 Å². The van der Waals surface area contributed by atoms with Crippen LogP contribution in [0.25, 0.3) is 0 Å². The van der Waals surface area contributed by atoms with Crippen LogP contribution in [0.5, 0.6) is 0 Å². The number of carboxylic acids is 1. The Labute approximate surface area is 112 Å². The second-order valence-electron chi connectivity index (χ2n) is 4.65. The van der Waals surface area contributed by atoms with Crippen LogP contribution in [0.2, 0.25) is 0 Å². The summed E-state index contributed by atoms with van der Waals surface area (Å²) in [5.74, 6) is -1.05. The van der Waals surface area contributed by atoms with Crippen molar-refractivity contribution in [3.8, 4) is 0 Å². The molecule has 3 N–H and O–H groups in total. The molecule has 1 unspecified atom stereocenters. The number of nitrogens with zero attached hydrogens (tertiary/aromatic N) is 2. The highest BCUT2D eigenvalue weighted by Gasteiger charge is 2.32. The largest absolute Gasteiger partial charge is 0.480 e. The number of amides is 2. The second-order valence-corrected chi connectivity index (χ2v) is 4.65. The Balaban J connectivity index is 2.37. The fourth-order valence-corrected chi connectivity index (χ4v) is 1.46. The van der Waals surface area contributed by atoms with E-state index in [1.54, 1.807) is 17.8 Å². The van der Waals surface area contributed by atoms with Gasteiger partial charge >= 0.3 is 12.0 Å². The van der Waals surface area contributed by atoms with E-state index in [1.165, 1.54) is 6.92 Å². The maximum absolute atomic E-state index is 11.6. The van der Waals surface area contributed by atoms with Crippen molar-refractivity contribution >= 4 is 12.0 Å². The number of aryl methyl sites for hydroxylation is 1. The Morgan fingerprint density at radius 2 is 2.21 bits per heavy atom. The summed E-state index contributed by atoms with van der Waals surface area (Å²) in [4.78, 5) is 22.6. The molecule has 0 aliphatic rings. The Morgan fingerprint density at radius 1 is 1.53 bits per heavy atom. The van der Waals surface area contributed by atoms with Gasteiger partial charge in [-0.2, -0.15) is 5.10 Å². The normalized spacial score (nSPS) is 13.6. The molecule has 0 aromatic carbocycles. The van der Waals surface area contributed by atoms with E-state index in [1.807, 2.05) is 13.1 Å². The predicted molar refractivity (Wildman–Crippen MR) is 69.8 cm³/mol. The number of carbonyl (C=O) groups excluding carboxylic acids is 1. The molecule has 0 spiro atoms. The average molecular weight is 268 g/mol. The van der Waals surface area contributed by atoms with E-state index in [0.717, 1.165) is 5.56 Å². The van der Waals surface area contributed by atoms with E-state index >= 15 is 0 Å². The highest BCUT2D eigenvalue weighted by molar-refractivity contribution is 5.85. The molecule has 106 valence electrons. The Bertz CT molecular complexity index is 458. The molecular weight excluding hydrogens is 248 g/mol. The van der Waals surface area contributed by atoms with Gasteiger partial charge in [0.2, 0.25) is 0 Å². The molecule has 0 bridgehead atoms. The number of rotatable bonds is 6. The van der Waals surface area contributed by atoms with Crippen molar-refractivity contribution in [3.05, 3.63) is 18.0 Å². The molecule has 0 saturated carbocycles. The van der Waals surface area contributed by atoms with E-state index in [2.05, 4.69) is 15.7 Å². The zero-order valence-electron chi connectivity index (χ0n) is 11.4. The number of urea groups is 1. The molecule has 0 aliphatic carbocycles. The zero-order valence-corrected chi connectivity index (χ0v) is 11.4. The van der Waals surface area contributed by atoms with Crippen molar-refractivity contribution in [2.24, 2.45) is 0 Å². The van der Waals surface area contributed by atoms with Gasteiger partial charge in [0.1, 0.15) is 5.54 Å². The van der Waals surface area contributed by atoms with Crippen LogP contribution >= 0.6 is 0 Å². The third-order valence-electron chi connectivity index (χ3n) is 2.96. The lowest BCUT2D eigenvalue weighted by atomic mass is 10.00. The number of aliphatic carboxylic acids is 1. The summed E-state index contributed by atoms with van der Waals surface area (Å²) in [6.45, 7) is 6.04. The molecule has 1 aromatic heterocycles. The molecule has 1 rings (SSSR count). The molecule has 1 atom stereocenters. The smallest absolute Gasteiger partial charge is 0.329 e. The fraction of sp³-hybridized carbons (Fsp3) is 0.583. The number of nitrogens with one attached hydrogen (secondary N) is 2. The molecule has 7 nitrogen and oxygen atoms in total. The van der Waals surface area contributed by atoms with Crippen LogP contribution in [0.3, 0.4) is 0 Å². The summed E-state index contributed by atoms with van der Waals surface area (Å²) in [5.41, 5.74) is -0.194. The lowest BCUT2D eigenvalue weighted by molar-refractivity contribution is -0.143. The van der Waals surface area contributed by atoms with Gasteiger partial charge in [-0.15, -0.1) is 0 Å². The van der Waals surface area contributed by atoms with E-state index in [9.17, 15) is 9.59 Å². The quantitative estimate of drug-likeness (QED) is 0.709. The van der Waals surface area contributed by atoms with Gasteiger partial charge in [-0.05, 0) is 25.8 Å². The Hall–Kier alpha value is -2.05. The van der Waals surface area contributed by atoms with Gasteiger partial charge in [0, 0.05) is 12.7 Å². The van der Waals surface area contributed by atoms with Gasteiger partial charge in [-0.1, -0.05) is 6.92 Å². The van der Waals surface area contributed by atoms with Gasteiger partial charge in [-0.25, -0.2) is 9.59 Å². The highest BCUT2D eigenvalue weighted by Crippen LogP contribution is 2.08. The molecule has 0 radical (unpaired) electrons. The van der Waals surface area contributed by atoms with E-state index < -0.39 is 17.5 Å². The van der Waals surface area contributed by atoms with Crippen molar-refractivity contribution in [3.63, 3.8) is 0 Å². The topological polar surface area (TPSA) is 96.3 Å². The first-order chi connectivity index (χ1) is 8.87. The second kappa shape index (κ2) is 6.21. The van der Waals surface area contributed by atoms with E-state index in [0.29, 0.717) is 19.5 Å². The first-order valence-corrected chi connectivity index (χ1v) is 6.16. The van der Waals surface area contributed by atoms with Crippen molar-refractivity contribution < 1.29 is 14.7 Å². The number of carboxylic acid groups (broad SMARTS) is 1. The van der Waals surface area contributed by atoms with Gasteiger partial charge in [0.05, 0.1) is 12.7 Å². The summed E-state index contributed by atoms with van der Waals surface area (Å²) in [6, 6.07) is -0.490. The standard InChI is InChI=1S/C12H20N4O3/c1-4-12(3,10(17)18)15-11(19)13-5-6-16-8-9(2)7-14-16/h7-8H,4-6H2,1-3H3,(H,17,18)(H2,13,15,19). The maximum atomic E-state index is 11.6. The minimum atomic E-state index is -1.24. The molecule has 1 heterocycles. The molecule has 0 aliphatic heterocycles. The Kier molecular flexibility index (Phi) is 4.91. The van der Waals surface area contributed by atoms with Crippen molar-refractivity contribution in [1.29, 1.82) is 0 Å². The number of carbonyl (C=O) groups is 2. The van der Waals surface area contributed by atoms with Gasteiger partial charge < -0.3 is 15.7 Å². The molecule has 1 aromatic rings. The van der Waals surface area contributed by atoms with Crippen LogP contribution in [-0.4, -0.2) is 39.0 Å². The van der Waals surface area contributed by atoms with E-state index in [4.69, 9.17) is 5.11 Å². The number of aromatic nitrogens is 2.